The predicted molar refractivity (Wildman–Crippen MR) is 78.3 cm³/mol. The minimum atomic E-state index is -1.03. The molecule has 0 aromatic heterocycles. The van der Waals surface area contributed by atoms with Gasteiger partial charge < -0.3 is 4.74 Å². The fourth-order valence-corrected chi connectivity index (χ4v) is 3.11. The van der Waals surface area contributed by atoms with Crippen molar-refractivity contribution in [1.29, 1.82) is 0 Å². The van der Waals surface area contributed by atoms with Gasteiger partial charge in [0, 0.05) is 6.92 Å². The Balaban J connectivity index is 2.20. The molecule has 0 N–H and O–H groups in total. The van der Waals surface area contributed by atoms with Crippen LogP contribution in [0.3, 0.4) is 0 Å². The van der Waals surface area contributed by atoms with Crippen molar-refractivity contribution >= 4 is 11.8 Å². The average molecular weight is 276 g/mol. The first kappa shape index (κ1) is 15.0. The Morgan fingerprint density at radius 1 is 1.10 bits per heavy atom. The van der Waals surface area contributed by atoms with E-state index in [1.54, 1.807) is 6.08 Å². The second kappa shape index (κ2) is 6.87. The maximum absolute atomic E-state index is 12.7. The zero-order valence-corrected chi connectivity index (χ0v) is 12.3. The Labute approximate surface area is 121 Å². The van der Waals surface area contributed by atoms with Crippen LogP contribution in [0.2, 0.25) is 0 Å². The van der Waals surface area contributed by atoms with Gasteiger partial charge in [0.2, 0.25) is 5.78 Å². The number of Topliss-reactive ketones (excluding diaryl/α,β-unsaturated/α-hetero) is 1. The van der Waals surface area contributed by atoms with E-state index >= 15 is 0 Å². The van der Waals surface area contributed by atoms with E-state index in [9.17, 15) is 9.59 Å². The molecule has 0 amide bonds. The van der Waals surface area contributed by atoms with Crippen LogP contribution in [-0.4, -0.2) is 17.4 Å². The lowest BCUT2D eigenvalue weighted by Crippen LogP contribution is -2.43. The molecule has 1 fully saturated rings. The lowest BCUT2D eigenvalue weighted by Gasteiger charge is -2.32. The third-order valence-corrected chi connectivity index (χ3v) is 4.16. The molecule has 3 heteroatoms. The third-order valence-electron chi connectivity index (χ3n) is 4.16. The molecule has 0 aromatic carbocycles. The Kier molecular flexibility index (Phi) is 5.16. The van der Waals surface area contributed by atoms with Gasteiger partial charge in [-0.25, -0.2) is 0 Å². The van der Waals surface area contributed by atoms with Crippen molar-refractivity contribution < 1.29 is 14.3 Å². The van der Waals surface area contributed by atoms with E-state index in [4.69, 9.17) is 4.74 Å². The number of carbonyl (C=O) groups is 2. The molecule has 0 unspecified atom stereocenters. The van der Waals surface area contributed by atoms with Gasteiger partial charge in [0.15, 0.2) is 5.60 Å². The van der Waals surface area contributed by atoms with Crippen molar-refractivity contribution in [3.8, 4) is 0 Å². The van der Waals surface area contributed by atoms with Gasteiger partial charge in [-0.05, 0) is 37.3 Å². The van der Waals surface area contributed by atoms with Crippen LogP contribution in [0.25, 0.3) is 0 Å². The van der Waals surface area contributed by atoms with Crippen LogP contribution in [0.4, 0.5) is 0 Å². The topological polar surface area (TPSA) is 43.4 Å². The van der Waals surface area contributed by atoms with Gasteiger partial charge in [0.25, 0.3) is 0 Å². The number of esters is 1. The molecule has 0 aliphatic heterocycles. The Hall–Kier alpha value is -1.38. The molecule has 2 bridgehead atoms. The lowest BCUT2D eigenvalue weighted by molar-refractivity contribution is -0.159. The van der Waals surface area contributed by atoms with Crippen LogP contribution in [0.1, 0.15) is 64.7 Å². The molecule has 0 heterocycles. The van der Waals surface area contributed by atoms with Crippen LogP contribution in [0, 0.1) is 0 Å². The third kappa shape index (κ3) is 3.59. The monoisotopic (exact) mass is 276 g/mol. The Morgan fingerprint density at radius 3 is 2.45 bits per heavy atom. The number of ketones is 1. The van der Waals surface area contributed by atoms with Crippen LogP contribution >= 0.6 is 0 Å². The van der Waals surface area contributed by atoms with E-state index in [0.717, 1.165) is 31.3 Å². The van der Waals surface area contributed by atoms with E-state index < -0.39 is 5.60 Å². The summed E-state index contributed by atoms with van der Waals surface area (Å²) in [4.78, 5) is 24.1. The summed E-state index contributed by atoms with van der Waals surface area (Å²) in [6, 6.07) is 0. The smallest absolute Gasteiger partial charge is 0.303 e. The van der Waals surface area contributed by atoms with Crippen molar-refractivity contribution in [2.75, 3.05) is 0 Å². The normalized spacial score (nSPS) is 28.1. The lowest BCUT2D eigenvalue weighted by atomic mass is 9.81. The molecule has 1 atom stereocenters. The van der Waals surface area contributed by atoms with Gasteiger partial charge in [-0.1, -0.05) is 44.3 Å². The number of hydrogen-bond acceptors (Lipinski definition) is 3. The summed E-state index contributed by atoms with van der Waals surface area (Å²) in [6.07, 6.45) is 14.9. The summed E-state index contributed by atoms with van der Waals surface area (Å²) in [6.45, 7) is 1.38. The van der Waals surface area contributed by atoms with E-state index in [0.29, 0.717) is 6.42 Å². The van der Waals surface area contributed by atoms with Crippen LogP contribution in [-0.2, 0) is 14.3 Å². The standard InChI is InChI=1S/C17H24O3/c1-14(18)20-17-12-8-6-4-2-3-5-7-10-15(16(17)19)11-9-13-17/h9,11,13H,2-8,10,12H2,1H3/t17-/m0/s1. The highest BCUT2D eigenvalue weighted by Gasteiger charge is 2.41. The molecular weight excluding hydrogens is 252 g/mol. The molecule has 20 heavy (non-hydrogen) atoms. The van der Waals surface area contributed by atoms with Crippen LogP contribution < -0.4 is 0 Å². The van der Waals surface area contributed by atoms with Gasteiger partial charge in [-0.3, -0.25) is 9.59 Å². The van der Waals surface area contributed by atoms with Gasteiger partial charge in [-0.2, -0.15) is 0 Å². The van der Waals surface area contributed by atoms with E-state index in [2.05, 4.69) is 0 Å². The van der Waals surface area contributed by atoms with E-state index in [-0.39, 0.29) is 11.8 Å². The summed E-state index contributed by atoms with van der Waals surface area (Å²) in [7, 11) is 0. The first-order chi connectivity index (χ1) is 9.64. The summed E-state index contributed by atoms with van der Waals surface area (Å²) in [5, 5.41) is 0. The second-order valence-corrected chi connectivity index (χ2v) is 5.84. The minimum Gasteiger partial charge on any atom is -0.447 e. The van der Waals surface area contributed by atoms with Crippen molar-refractivity contribution in [3.05, 3.63) is 23.8 Å². The minimum absolute atomic E-state index is 0.00391. The van der Waals surface area contributed by atoms with Crippen LogP contribution in [0.15, 0.2) is 23.8 Å². The summed E-state index contributed by atoms with van der Waals surface area (Å²) in [5.41, 5.74) is -0.218. The molecule has 0 aromatic rings. The van der Waals surface area contributed by atoms with Crippen molar-refractivity contribution in [3.63, 3.8) is 0 Å². The first-order valence-corrected chi connectivity index (χ1v) is 7.77. The summed E-state index contributed by atoms with van der Waals surface area (Å²) < 4.78 is 5.45. The molecular formula is C17H24O3. The fraction of sp³-hybridized carbons (Fsp3) is 0.647. The van der Waals surface area contributed by atoms with Gasteiger partial charge >= 0.3 is 5.97 Å². The Bertz CT molecular complexity index is 434. The molecule has 0 radical (unpaired) electrons. The number of allylic oxidation sites excluding steroid dienone is 2. The fourth-order valence-electron chi connectivity index (χ4n) is 3.11. The molecule has 2 aliphatic carbocycles. The van der Waals surface area contributed by atoms with Gasteiger partial charge in [0.05, 0.1) is 0 Å². The van der Waals surface area contributed by atoms with Gasteiger partial charge in [-0.15, -0.1) is 0 Å². The molecule has 2 aliphatic rings. The Morgan fingerprint density at radius 2 is 1.75 bits per heavy atom. The first-order valence-electron chi connectivity index (χ1n) is 7.77. The maximum atomic E-state index is 12.7. The zero-order chi connectivity index (χ0) is 14.4. The average Bonchev–Trinajstić information content (AvgIpc) is 2.40. The number of fused-ring (bicyclic) bond motifs is 2. The highest BCUT2D eigenvalue weighted by molar-refractivity contribution is 6.05. The molecule has 3 nitrogen and oxygen atoms in total. The molecule has 0 spiro atoms. The quantitative estimate of drug-likeness (QED) is 0.683. The number of hydrogen-bond donors (Lipinski definition) is 0. The van der Waals surface area contributed by atoms with Gasteiger partial charge in [0.1, 0.15) is 0 Å². The highest BCUT2D eigenvalue weighted by Crippen LogP contribution is 2.32. The molecule has 110 valence electrons. The number of carbonyl (C=O) groups excluding carboxylic acids is 2. The summed E-state index contributed by atoms with van der Waals surface area (Å²) >= 11 is 0. The van der Waals surface area contributed by atoms with Crippen molar-refractivity contribution in [2.45, 2.75) is 70.3 Å². The SMILES string of the molecule is CC(=O)O[C@]12C=CC=C(CCCCCCCCC1)C2=O. The highest BCUT2D eigenvalue weighted by atomic mass is 16.6. The van der Waals surface area contributed by atoms with Crippen molar-refractivity contribution in [2.24, 2.45) is 0 Å². The van der Waals surface area contributed by atoms with E-state index in [1.807, 2.05) is 12.2 Å². The molecule has 0 saturated heterocycles. The largest absolute Gasteiger partial charge is 0.447 e. The molecule has 1 saturated carbocycles. The molecule has 2 rings (SSSR count). The number of ether oxygens (including phenoxy) is 1. The van der Waals surface area contributed by atoms with E-state index in [1.165, 1.54) is 32.6 Å². The maximum Gasteiger partial charge on any atom is 0.303 e. The number of rotatable bonds is 1. The predicted octanol–water partition coefficient (Wildman–Crippen LogP) is 3.88. The zero-order valence-electron chi connectivity index (χ0n) is 12.3. The van der Waals surface area contributed by atoms with Crippen LogP contribution in [0.5, 0.6) is 0 Å². The summed E-state index contributed by atoms with van der Waals surface area (Å²) in [5.74, 6) is -0.382. The second-order valence-electron chi connectivity index (χ2n) is 5.84. The van der Waals surface area contributed by atoms with Crippen molar-refractivity contribution in [1.82, 2.24) is 0 Å².